The maximum absolute atomic E-state index is 13.6. The first kappa shape index (κ1) is 19.9. The van der Waals surface area contributed by atoms with Gasteiger partial charge in [0.15, 0.2) is 0 Å². The van der Waals surface area contributed by atoms with Crippen molar-refractivity contribution in [3.63, 3.8) is 0 Å². The van der Waals surface area contributed by atoms with Gasteiger partial charge in [0, 0.05) is 30.1 Å². The van der Waals surface area contributed by atoms with Crippen LogP contribution in [0.4, 0.5) is 5.69 Å². The van der Waals surface area contributed by atoms with Crippen molar-refractivity contribution >= 4 is 39.6 Å². The summed E-state index contributed by atoms with van der Waals surface area (Å²) in [5.74, 6) is -0.191. The average molecular weight is 446 g/mol. The fraction of sp³-hybridized carbons (Fsp3) is 0.333. The molecule has 2 aliphatic rings. The number of hydrogen-bond acceptors (Lipinski definition) is 7. The molecule has 9 nitrogen and oxygen atoms in total. The number of carbonyl (C=O) groups is 2. The number of furan rings is 1. The molecular formula is C24H22N4O5. The van der Waals surface area contributed by atoms with Gasteiger partial charge in [-0.25, -0.2) is 4.98 Å². The zero-order chi connectivity index (χ0) is 22.5. The van der Waals surface area contributed by atoms with Crippen LogP contribution in [0.25, 0.3) is 22.1 Å². The lowest BCUT2D eigenvalue weighted by atomic mass is 10.1. The van der Waals surface area contributed by atoms with E-state index < -0.39 is 0 Å². The van der Waals surface area contributed by atoms with Crippen molar-refractivity contribution < 1.29 is 23.3 Å². The second kappa shape index (κ2) is 7.70. The fourth-order valence-electron chi connectivity index (χ4n) is 4.29. The van der Waals surface area contributed by atoms with E-state index in [1.807, 2.05) is 24.3 Å². The summed E-state index contributed by atoms with van der Waals surface area (Å²) in [6.07, 6.45) is 2.08. The van der Waals surface area contributed by atoms with Crippen molar-refractivity contribution in [3.05, 3.63) is 53.0 Å². The van der Waals surface area contributed by atoms with Gasteiger partial charge in [-0.3, -0.25) is 9.59 Å². The van der Waals surface area contributed by atoms with Gasteiger partial charge in [-0.15, -0.1) is 0 Å². The molecule has 1 aliphatic carbocycles. The third-order valence-electron chi connectivity index (χ3n) is 6.20. The molecule has 0 bridgehead atoms. The molecule has 1 saturated heterocycles. The molecule has 0 radical (unpaired) electrons. The molecule has 2 amide bonds. The molecule has 9 heteroatoms. The number of aryl methyl sites for hydroxylation is 1. The predicted molar refractivity (Wildman–Crippen MR) is 119 cm³/mol. The molecular weight excluding hydrogens is 424 g/mol. The van der Waals surface area contributed by atoms with E-state index in [4.69, 9.17) is 13.7 Å². The standard InChI is InChI=1S/C24H22N4O5/c1-13-19-16(12-17(14-6-7-14)25-23(19)33-27-13)22(29)26-20-15-4-2-3-5-18(15)32-21(20)24(30)28-8-10-31-11-9-28/h2-5,12,14H,6-11H2,1H3,(H,26,29). The molecule has 2 fully saturated rings. The fourth-order valence-corrected chi connectivity index (χ4v) is 4.29. The van der Waals surface area contributed by atoms with Crippen molar-refractivity contribution in [3.8, 4) is 0 Å². The highest BCUT2D eigenvalue weighted by Crippen LogP contribution is 2.41. The highest BCUT2D eigenvalue weighted by Gasteiger charge is 2.31. The zero-order valence-corrected chi connectivity index (χ0v) is 18.1. The van der Waals surface area contributed by atoms with E-state index >= 15 is 0 Å². The highest BCUT2D eigenvalue weighted by molar-refractivity contribution is 6.17. The summed E-state index contributed by atoms with van der Waals surface area (Å²) >= 11 is 0. The molecule has 6 rings (SSSR count). The van der Waals surface area contributed by atoms with Crippen LogP contribution in [0, 0.1) is 6.92 Å². The third-order valence-corrected chi connectivity index (χ3v) is 6.20. The topological polar surface area (TPSA) is 111 Å². The Bertz CT molecular complexity index is 1390. The van der Waals surface area contributed by atoms with E-state index in [9.17, 15) is 9.59 Å². The first-order valence-corrected chi connectivity index (χ1v) is 11.1. The Balaban J connectivity index is 1.43. The number of nitrogens with zero attached hydrogens (tertiary/aromatic N) is 3. The van der Waals surface area contributed by atoms with Gasteiger partial charge in [-0.2, -0.15) is 0 Å². The van der Waals surface area contributed by atoms with E-state index in [-0.39, 0.29) is 17.6 Å². The maximum atomic E-state index is 13.6. The second-order valence-corrected chi connectivity index (χ2v) is 8.48. The molecule has 33 heavy (non-hydrogen) atoms. The van der Waals surface area contributed by atoms with E-state index in [1.165, 1.54) is 0 Å². The number of hydrogen-bond donors (Lipinski definition) is 1. The summed E-state index contributed by atoms with van der Waals surface area (Å²) in [5.41, 5.74) is 3.08. The maximum Gasteiger partial charge on any atom is 0.291 e. The number of para-hydroxylation sites is 1. The summed E-state index contributed by atoms with van der Waals surface area (Å²) in [6.45, 7) is 3.66. The number of fused-ring (bicyclic) bond motifs is 2. The van der Waals surface area contributed by atoms with Crippen LogP contribution in [0.1, 0.15) is 51.1 Å². The Labute approximate surface area is 188 Å². The van der Waals surface area contributed by atoms with E-state index in [1.54, 1.807) is 17.9 Å². The molecule has 0 unspecified atom stereocenters. The minimum absolute atomic E-state index is 0.112. The number of carbonyl (C=O) groups excluding carboxylic acids is 2. The Morgan fingerprint density at radius 1 is 1.15 bits per heavy atom. The SMILES string of the molecule is Cc1noc2nc(C3CC3)cc(C(=O)Nc3c(C(=O)N4CCOCC4)oc4ccccc34)c12. The van der Waals surface area contributed by atoms with Crippen molar-refractivity contribution in [2.45, 2.75) is 25.7 Å². The molecule has 1 N–H and O–H groups in total. The molecule has 4 heterocycles. The first-order chi connectivity index (χ1) is 16.1. The summed E-state index contributed by atoms with van der Waals surface area (Å²) in [5, 5.41) is 8.20. The van der Waals surface area contributed by atoms with Crippen LogP contribution in [0.3, 0.4) is 0 Å². The molecule has 0 atom stereocenters. The van der Waals surface area contributed by atoms with Crippen LogP contribution >= 0.6 is 0 Å². The van der Waals surface area contributed by atoms with E-state index in [0.29, 0.717) is 71.2 Å². The van der Waals surface area contributed by atoms with Gasteiger partial charge in [0.1, 0.15) is 11.3 Å². The molecule has 1 saturated carbocycles. The summed E-state index contributed by atoms with van der Waals surface area (Å²) in [7, 11) is 0. The number of rotatable bonds is 4. The molecule has 4 aromatic rings. The molecule has 168 valence electrons. The lowest BCUT2D eigenvalue weighted by Gasteiger charge is -2.26. The van der Waals surface area contributed by atoms with Gasteiger partial charge in [-0.05, 0) is 38.0 Å². The third kappa shape index (κ3) is 3.45. The van der Waals surface area contributed by atoms with E-state index in [2.05, 4.69) is 15.5 Å². The van der Waals surface area contributed by atoms with Crippen molar-refractivity contribution in [2.24, 2.45) is 0 Å². The van der Waals surface area contributed by atoms with Gasteiger partial charge in [0.05, 0.1) is 29.9 Å². The van der Waals surface area contributed by atoms with Crippen molar-refractivity contribution in [1.29, 1.82) is 0 Å². The summed E-state index contributed by atoms with van der Waals surface area (Å²) in [4.78, 5) is 33.1. The predicted octanol–water partition coefficient (Wildman–Crippen LogP) is 3.88. The van der Waals surface area contributed by atoms with Gasteiger partial charge in [0.2, 0.25) is 5.76 Å². The Kier molecular flexibility index (Phi) is 4.65. The number of aromatic nitrogens is 2. The molecule has 1 aromatic carbocycles. The van der Waals surface area contributed by atoms with Crippen LogP contribution in [0.5, 0.6) is 0 Å². The number of amides is 2. The van der Waals surface area contributed by atoms with E-state index in [0.717, 1.165) is 18.5 Å². The smallest absolute Gasteiger partial charge is 0.291 e. The average Bonchev–Trinajstić information content (AvgIpc) is 3.55. The van der Waals surface area contributed by atoms with Gasteiger partial charge in [0.25, 0.3) is 17.5 Å². The van der Waals surface area contributed by atoms with Gasteiger partial charge in [-0.1, -0.05) is 17.3 Å². The molecule has 0 spiro atoms. The van der Waals surface area contributed by atoms with Crippen LogP contribution in [0.15, 0.2) is 39.3 Å². The van der Waals surface area contributed by atoms with Crippen molar-refractivity contribution in [1.82, 2.24) is 15.0 Å². The van der Waals surface area contributed by atoms with Gasteiger partial charge < -0.3 is 23.9 Å². The largest absolute Gasteiger partial charge is 0.449 e. The number of anilines is 1. The number of benzene rings is 1. The Morgan fingerprint density at radius 3 is 2.73 bits per heavy atom. The quantitative estimate of drug-likeness (QED) is 0.506. The second-order valence-electron chi connectivity index (χ2n) is 8.48. The number of morpholine rings is 1. The molecule has 3 aromatic heterocycles. The minimum atomic E-state index is -0.363. The Hall–Kier alpha value is -3.72. The van der Waals surface area contributed by atoms with Crippen LogP contribution in [-0.4, -0.2) is 53.2 Å². The number of ether oxygens (including phenoxy) is 1. The first-order valence-electron chi connectivity index (χ1n) is 11.1. The monoisotopic (exact) mass is 446 g/mol. The summed E-state index contributed by atoms with van der Waals surface area (Å²) < 4.78 is 16.7. The highest BCUT2D eigenvalue weighted by atomic mass is 16.5. The lowest BCUT2D eigenvalue weighted by Crippen LogP contribution is -2.40. The lowest BCUT2D eigenvalue weighted by molar-refractivity contribution is 0.0285. The summed E-state index contributed by atoms with van der Waals surface area (Å²) in [6, 6.07) is 9.09. The van der Waals surface area contributed by atoms with Crippen LogP contribution in [-0.2, 0) is 4.74 Å². The zero-order valence-electron chi connectivity index (χ0n) is 18.1. The number of nitrogens with one attached hydrogen (secondary N) is 1. The minimum Gasteiger partial charge on any atom is -0.449 e. The Morgan fingerprint density at radius 2 is 1.94 bits per heavy atom. The molecule has 1 aliphatic heterocycles. The number of pyridine rings is 1. The van der Waals surface area contributed by atoms with Crippen molar-refractivity contribution in [2.75, 3.05) is 31.6 Å². The van der Waals surface area contributed by atoms with Gasteiger partial charge >= 0.3 is 0 Å². The normalized spacial score (nSPS) is 16.5. The van der Waals surface area contributed by atoms with Crippen LogP contribution < -0.4 is 5.32 Å². The van der Waals surface area contributed by atoms with Crippen LogP contribution in [0.2, 0.25) is 0 Å².